The van der Waals surface area contributed by atoms with Gasteiger partial charge in [0, 0.05) is 31.6 Å². The smallest absolute Gasteiger partial charge is 0.225 e. The molecule has 2 rings (SSSR count). The van der Waals surface area contributed by atoms with E-state index in [4.69, 9.17) is 16.3 Å². The van der Waals surface area contributed by atoms with E-state index in [1.807, 2.05) is 36.9 Å². The van der Waals surface area contributed by atoms with Gasteiger partial charge in [0.2, 0.25) is 5.91 Å². The standard InChI is InChI=1S/C18H27ClN2O2/c1-12(2)18(22)21-8-7-16(13(3)11-21)20-10-14-5-6-17(23-4)15(19)9-14/h5-6,9,12-13,16,20H,7-8,10-11H2,1-4H3/t13-,16-/m1/s1. The molecule has 1 aromatic rings. The Morgan fingerprint density at radius 2 is 2.22 bits per heavy atom. The van der Waals surface area contributed by atoms with Gasteiger partial charge in [0.05, 0.1) is 12.1 Å². The number of likely N-dealkylation sites (tertiary alicyclic amines) is 1. The highest BCUT2D eigenvalue weighted by Crippen LogP contribution is 2.25. The third-order valence-electron chi connectivity index (χ3n) is 4.50. The molecule has 0 bridgehead atoms. The minimum absolute atomic E-state index is 0.0770. The Labute approximate surface area is 144 Å². The highest BCUT2D eigenvalue weighted by molar-refractivity contribution is 6.32. The molecule has 1 aliphatic heterocycles. The van der Waals surface area contributed by atoms with E-state index in [1.165, 1.54) is 0 Å². The molecule has 0 aliphatic carbocycles. The molecule has 1 N–H and O–H groups in total. The van der Waals surface area contributed by atoms with Crippen molar-refractivity contribution in [2.45, 2.75) is 39.8 Å². The largest absolute Gasteiger partial charge is 0.495 e. The topological polar surface area (TPSA) is 41.6 Å². The summed E-state index contributed by atoms with van der Waals surface area (Å²) in [7, 11) is 1.62. The van der Waals surface area contributed by atoms with Gasteiger partial charge < -0.3 is 15.0 Å². The summed E-state index contributed by atoms with van der Waals surface area (Å²) in [6.45, 7) is 8.57. The molecule has 1 saturated heterocycles. The second kappa shape index (κ2) is 8.02. The van der Waals surface area contributed by atoms with Crippen molar-refractivity contribution in [2.24, 2.45) is 11.8 Å². The van der Waals surface area contributed by atoms with Crippen LogP contribution < -0.4 is 10.1 Å². The zero-order valence-corrected chi connectivity index (χ0v) is 15.2. The molecule has 23 heavy (non-hydrogen) atoms. The van der Waals surface area contributed by atoms with Gasteiger partial charge in [-0.1, -0.05) is 38.4 Å². The summed E-state index contributed by atoms with van der Waals surface area (Å²) < 4.78 is 5.18. The zero-order valence-electron chi connectivity index (χ0n) is 14.4. The number of carbonyl (C=O) groups excluding carboxylic acids is 1. The molecule has 1 aromatic carbocycles. The van der Waals surface area contributed by atoms with Crippen LogP contribution in [0.4, 0.5) is 0 Å². The van der Waals surface area contributed by atoms with Crippen molar-refractivity contribution >= 4 is 17.5 Å². The van der Waals surface area contributed by atoms with Crippen LogP contribution in [0.15, 0.2) is 18.2 Å². The fourth-order valence-electron chi connectivity index (χ4n) is 3.08. The molecule has 1 amide bonds. The molecular formula is C18H27ClN2O2. The first-order valence-corrected chi connectivity index (χ1v) is 8.64. The molecular weight excluding hydrogens is 312 g/mol. The summed E-state index contributed by atoms with van der Waals surface area (Å²) in [5, 5.41) is 4.24. The van der Waals surface area contributed by atoms with Crippen LogP contribution in [0.5, 0.6) is 5.75 Å². The van der Waals surface area contributed by atoms with E-state index in [0.29, 0.717) is 22.7 Å². The van der Waals surface area contributed by atoms with Gasteiger partial charge in [0.15, 0.2) is 0 Å². The van der Waals surface area contributed by atoms with Gasteiger partial charge >= 0.3 is 0 Å². The third-order valence-corrected chi connectivity index (χ3v) is 4.79. The summed E-state index contributed by atoms with van der Waals surface area (Å²) in [4.78, 5) is 14.1. The maximum absolute atomic E-state index is 12.1. The van der Waals surface area contributed by atoms with Crippen molar-refractivity contribution in [1.82, 2.24) is 10.2 Å². The monoisotopic (exact) mass is 338 g/mol. The van der Waals surface area contributed by atoms with Crippen molar-refractivity contribution in [3.8, 4) is 5.75 Å². The Morgan fingerprint density at radius 1 is 1.48 bits per heavy atom. The lowest BCUT2D eigenvalue weighted by Gasteiger charge is -2.38. The minimum atomic E-state index is 0.0770. The fourth-order valence-corrected chi connectivity index (χ4v) is 3.36. The minimum Gasteiger partial charge on any atom is -0.495 e. The molecule has 1 aliphatic rings. The van der Waals surface area contributed by atoms with E-state index in [0.717, 1.165) is 31.6 Å². The maximum Gasteiger partial charge on any atom is 0.225 e. The second-order valence-corrected chi connectivity index (χ2v) is 7.07. The van der Waals surface area contributed by atoms with Crippen LogP contribution in [0.3, 0.4) is 0 Å². The first-order chi connectivity index (χ1) is 10.9. The van der Waals surface area contributed by atoms with Crippen LogP contribution >= 0.6 is 11.6 Å². The summed E-state index contributed by atoms with van der Waals surface area (Å²) in [6.07, 6.45) is 0.990. The molecule has 1 heterocycles. The fraction of sp³-hybridized carbons (Fsp3) is 0.611. The van der Waals surface area contributed by atoms with Crippen LogP contribution in [0.1, 0.15) is 32.8 Å². The van der Waals surface area contributed by atoms with Crippen molar-refractivity contribution in [3.63, 3.8) is 0 Å². The molecule has 0 radical (unpaired) electrons. The van der Waals surface area contributed by atoms with Crippen molar-refractivity contribution in [1.29, 1.82) is 0 Å². The summed E-state index contributed by atoms with van der Waals surface area (Å²) >= 11 is 6.17. The Hall–Kier alpha value is -1.26. The normalized spacial score (nSPS) is 21.6. The number of ether oxygens (including phenoxy) is 1. The van der Waals surface area contributed by atoms with E-state index >= 15 is 0 Å². The Balaban J connectivity index is 1.87. The van der Waals surface area contributed by atoms with Crippen LogP contribution in [0, 0.1) is 11.8 Å². The van der Waals surface area contributed by atoms with E-state index in [1.54, 1.807) is 7.11 Å². The van der Waals surface area contributed by atoms with Gasteiger partial charge in [-0.2, -0.15) is 0 Å². The van der Waals surface area contributed by atoms with Crippen molar-refractivity contribution in [3.05, 3.63) is 28.8 Å². The number of methoxy groups -OCH3 is 1. The third kappa shape index (κ3) is 4.61. The number of amides is 1. The quantitative estimate of drug-likeness (QED) is 0.895. The molecule has 2 atom stereocenters. The van der Waals surface area contributed by atoms with Gasteiger partial charge in [-0.3, -0.25) is 4.79 Å². The molecule has 0 aromatic heterocycles. The number of benzene rings is 1. The van der Waals surface area contributed by atoms with Crippen LogP contribution in [-0.2, 0) is 11.3 Å². The highest BCUT2D eigenvalue weighted by atomic mass is 35.5. The number of hydrogen-bond donors (Lipinski definition) is 1. The van der Waals surface area contributed by atoms with E-state index in [9.17, 15) is 4.79 Å². The lowest BCUT2D eigenvalue weighted by molar-refractivity contribution is -0.136. The molecule has 1 fully saturated rings. The Morgan fingerprint density at radius 3 is 2.78 bits per heavy atom. The van der Waals surface area contributed by atoms with Crippen LogP contribution in [0.2, 0.25) is 5.02 Å². The van der Waals surface area contributed by atoms with Gasteiger partial charge in [0.25, 0.3) is 0 Å². The summed E-state index contributed by atoms with van der Waals surface area (Å²) in [5.74, 6) is 1.48. The van der Waals surface area contributed by atoms with E-state index < -0.39 is 0 Å². The second-order valence-electron chi connectivity index (χ2n) is 6.66. The number of nitrogens with one attached hydrogen (secondary N) is 1. The number of carbonyl (C=O) groups is 1. The zero-order chi connectivity index (χ0) is 17.0. The molecule has 128 valence electrons. The number of hydrogen-bond acceptors (Lipinski definition) is 3. The van der Waals surface area contributed by atoms with Gasteiger partial charge in [-0.05, 0) is 30.0 Å². The average molecular weight is 339 g/mol. The summed E-state index contributed by atoms with van der Waals surface area (Å²) in [6, 6.07) is 6.29. The van der Waals surface area contributed by atoms with Crippen molar-refractivity contribution in [2.75, 3.05) is 20.2 Å². The van der Waals surface area contributed by atoms with Crippen molar-refractivity contribution < 1.29 is 9.53 Å². The first kappa shape index (κ1) is 18.1. The van der Waals surface area contributed by atoms with Gasteiger partial charge in [0.1, 0.15) is 5.75 Å². The molecule has 0 spiro atoms. The predicted octanol–water partition coefficient (Wildman–Crippen LogP) is 3.33. The van der Waals surface area contributed by atoms with Gasteiger partial charge in [-0.15, -0.1) is 0 Å². The number of piperidine rings is 1. The number of halogens is 1. The SMILES string of the molecule is COc1ccc(CN[C@@H]2CCN(C(=O)C(C)C)C[C@H]2C)cc1Cl. The highest BCUT2D eigenvalue weighted by Gasteiger charge is 2.29. The van der Waals surface area contributed by atoms with Crippen LogP contribution in [0.25, 0.3) is 0 Å². The molecule has 0 saturated carbocycles. The lowest BCUT2D eigenvalue weighted by Crippen LogP contribution is -2.50. The maximum atomic E-state index is 12.1. The van der Waals surface area contributed by atoms with Gasteiger partial charge in [-0.25, -0.2) is 0 Å². The summed E-state index contributed by atoms with van der Waals surface area (Å²) in [5.41, 5.74) is 1.14. The van der Waals surface area contributed by atoms with E-state index in [-0.39, 0.29) is 11.8 Å². The lowest BCUT2D eigenvalue weighted by atomic mass is 9.93. The number of rotatable bonds is 5. The Bertz CT molecular complexity index is 548. The molecule has 5 heteroatoms. The van der Waals surface area contributed by atoms with Crippen LogP contribution in [-0.4, -0.2) is 37.0 Å². The molecule has 0 unspecified atom stereocenters. The first-order valence-electron chi connectivity index (χ1n) is 8.27. The predicted molar refractivity (Wildman–Crippen MR) is 93.8 cm³/mol. The molecule has 4 nitrogen and oxygen atoms in total. The Kier molecular flexibility index (Phi) is 6.31. The number of nitrogens with zero attached hydrogens (tertiary/aromatic N) is 1. The van der Waals surface area contributed by atoms with E-state index in [2.05, 4.69) is 12.2 Å². The average Bonchev–Trinajstić information content (AvgIpc) is 2.53.